The van der Waals surface area contributed by atoms with Gasteiger partial charge in [-0.2, -0.15) is 11.3 Å². The fourth-order valence-electron chi connectivity index (χ4n) is 1.25. The Balaban J connectivity index is 2.91. The molecule has 0 aliphatic heterocycles. The first-order valence-electron chi connectivity index (χ1n) is 4.29. The molecule has 1 unspecified atom stereocenters. The molecule has 1 aromatic rings. The Morgan fingerprint density at radius 1 is 1.54 bits per heavy atom. The van der Waals surface area contributed by atoms with E-state index in [0.29, 0.717) is 0 Å². The average Bonchev–Trinajstić information content (AvgIpc) is 2.47. The lowest BCUT2D eigenvalue weighted by atomic mass is 10.1. The van der Waals surface area contributed by atoms with E-state index in [2.05, 4.69) is 43.0 Å². The second-order valence-electron chi connectivity index (χ2n) is 3.40. The third-order valence-corrected chi connectivity index (χ3v) is 2.79. The molecule has 0 fully saturated rings. The van der Waals surface area contributed by atoms with Gasteiger partial charge in [-0.05, 0) is 42.7 Å². The highest BCUT2D eigenvalue weighted by Gasteiger charge is 2.09. The van der Waals surface area contributed by atoms with Crippen molar-refractivity contribution in [3.8, 4) is 0 Å². The number of nitrogens with one attached hydrogen (secondary N) is 1. The zero-order valence-electron chi connectivity index (χ0n) is 8.29. The molecule has 0 aromatic carbocycles. The van der Waals surface area contributed by atoms with Crippen LogP contribution < -0.4 is 11.3 Å². The molecular weight excluding hydrogens is 180 g/mol. The van der Waals surface area contributed by atoms with Crippen LogP contribution in [0.25, 0.3) is 0 Å². The van der Waals surface area contributed by atoms with E-state index < -0.39 is 0 Å². The van der Waals surface area contributed by atoms with Crippen molar-refractivity contribution in [2.24, 2.45) is 5.84 Å². The number of nitrogens with two attached hydrogens (primary N) is 1. The second-order valence-corrected chi connectivity index (χ2v) is 4.14. The molecule has 0 radical (unpaired) electrons. The van der Waals surface area contributed by atoms with E-state index >= 15 is 0 Å². The first kappa shape index (κ1) is 10.4. The normalized spacial score (nSPS) is 12.6. The maximum Gasteiger partial charge on any atom is 0.0653 e. The largest absolute Gasteiger partial charge is 0.271 e. The van der Waals surface area contributed by atoms with Crippen LogP contribution in [0.2, 0.25) is 0 Å². The molecular formula is C10H16N2S. The summed E-state index contributed by atoms with van der Waals surface area (Å²) in [7, 11) is 0. The lowest BCUT2D eigenvalue weighted by Crippen LogP contribution is -2.26. The number of hydrogen-bond acceptors (Lipinski definition) is 3. The average molecular weight is 196 g/mol. The molecule has 3 N–H and O–H groups in total. The van der Waals surface area contributed by atoms with Gasteiger partial charge in [-0.25, -0.2) is 5.43 Å². The van der Waals surface area contributed by atoms with Crippen LogP contribution in [0.15, 0.2) is 22.4 Å². The maximum atomic E-state index is 5.49. The third-order valence-electron chi connectivity index (χ3n) is 1.91. The van der Waals surface area contributed by atoms with Gasteiger partial charge in [-0.1, -0.05) is 11.6 Å². The van der Waals surface area contributed by atoms with E-state index in [1.165, 1.54) is 16.7 Å². The van der Waals surface area contributed by atoms with Crippen molar-refractivity contribution in [2.45, 2.75) is 26.8 Å². The zero-order chi connectivity index (χ0) is 9.84. The monoisotopic (exact) mass is 196 g/mol. The summed E-state index contributed by atoms with van der Waals surface area (Å²) in [6.07, 6.45) is 2.13. The minimum atomic E-state index is 0.149. The molecule has 1 heterocycles. The van der Waals surface area contributed by atoms with Crippen LogP contribution in [0.3, 0.4) is 0 Å². The van der Waals surface area contributed by atoms with Crippen molar-refractivity contribution >= 4 is 11.3 Å². The van der Waals surface area contributed by atoms with Crippen LogP contribution in [-0.4, -0.2) is 0 Å². The van der Waals surface area contributed by atoms with Gasteiger partial charge in [-0.3, -0.25) is 5.84 Å². The van der Waals surface area contributed by atoms with Gasteiger partial charge < -0.3 is 0 Å². The van der Waals surface area contributed by atoms with E-state index in [1.807, 2.05) is 0 Å². The van der Waals surface area contributed by atoms with E-state index in [-0.39, 0.29) is 6.04 Å². The third kappa shape index (κ3) is 2.66. The van der Waals surface area contributed by atoms with Gasteiger partial charge in [0.2, 0.25) is 0 Å². The first-order chi connectivity index (χ1) is 6.15. The van der Waals surface area contributed by atoms with E-state index in [1.54, 1.807) is 11.3 Å². The predicted molar refractivity (Wildman–Crippen MR) is 58.6 cm³/mol. The van der Waals surface area contributed by atoms with Crippen LogP contribution >= 0.6 is 11.3 Å². The van der Waals surface area contributed by atoms with Crippen molar-refractivity contribution in [1.82, 2.24) is 5.43 Å². The standard InChI is InChI=1S/C10H16N2S/c1-7(2)4-10(12-11)9-6-13-5-8(9)3/h4-6,10,12H,11H2,1-3H3. The number of aryl methyl sites for hydroxylation is 1. The number of hydrazine groups is 1. The lowest BCUT2D eigenvalue weighted by Gasteiger charge is -2.11. The minimum absolute atomic E-state index is 0.149. The summed E-state index contributed by atoms with van der Waals surface area (Å²) < 4.78 is 0. The Labute approximate surface area is 83.4 Å². The molecule has 1 rings (SSSR count). The maximum absolute atomic E-state index is 5.49. The van der Waals surface area contributed by atoms with Crippen molar-refractivity contribution in [3.05, 3.63) is 33.5 Å². The molecule has 13 heavy (non-hydrogen) atoms. The Morgan fingerprint density at radius 2 is 2.23 bits per heavy atom. The quantitative estimate of drug-likeness (QED) is 0.443. The molecule has 0 aliphatic rings. The number of allylic oxidation sites excluding steroid dienone is 1. The fraction of sp³-hybridized carbons (Fsp3) is 0.400. The highest BCUT2D eigenvalue weighted by Crippen LogP contribution is 2.22. The van der Waals surface area contributed by atoms with Crippen molar-refractivity contribution in [1.29, 1.82) is 0 Å². The van der Waals surface area contributed by atoms with E-state index in [4.69, 9.17) is 5.84 Å². The van der Waals surface area contributed by atoms with Gasteiger partial charge in [0.05, 0.1) is 6.04 Å². The summed E-state index contributed by atoms with van der Waals surface area (Å²) in [6, 6.07) is 0.149. The Morgan fingerprint density at radius 3 is 2.62 bits per heavy atom. The molecule has 0 bridgehead atoms. The molecule has 1 aromatic heterocycles. The highest BCUT2D eigenvalue weighted by molar-refractivity contribution is 7.08. The number of rotatable bonds is 3. The van der Waals surface area contributed by atoms with Gasteiger partial charge in [0.15, 0.2) is 0 Å². The number of thiophene rings is 1. The van der Waals surface area contributed by atoms with Gasteiger partial charge >= 0.3 is 0 Å². The van der Waals surface area contributed by atoms with Crippen molar-refractivity contribution < 1.29 is 0 Å². The van der Waals surface area contributed by atoms with E-state index in [0.717, 1.165) is 0 Å². The Hall–Kier alpha value is -0.640. The summed E-state index contributed by atoms with van der Waals surface area (Å²) in [5.74, 6) is 5.49. The summed E-state index contributed by atoms with van der Waals surface area (Å²) in [6.45, 7) is 6.26. The molecule has 0 amide bonds. The zero-order valence-corrected chi connectivity index (χ0v) is 9.11. The van der Waals surface area contributed by atoms with Crippen molar-refractivity contribution in [3.63, 3.8) is 0 Å². The van der Waals surface area contributed by atoms with Crippen LogP contribution in [0.5, 0.6) is 0 Å². The molecule has 0 aliphatic carbocycles. The number of hydrogen-bond donors (Lipinski definition) is 2. The van der Waals surface area contributed by atoms with Gasteiger partial charge in [0, 0.05) is 0 Å². The lowest BCUT2D eigenvalue weighted by molar-refractivity contribution is 0.651. The molecule has 3 heteroatoms. The van der Waals surface area contributed by atoms with Crippen molar-refractivity contribution in [2.75, 3.05) is 0 Å². The topological polar surface area (TPSA) is 38.0 Å². The summed E-state index contributed by atoms with van der Waals surface area (Å²) in [5, 5.41) is 4.28. The Kier molecular flexibility index (Phi) is 3.66. The van der Waals surface area contributed by atoms with Gasteiger partial charge in [0.1, 0.15) is 0 Å². The molecule has 2 nitrogen and oxygen atoms in total. The molecule has 1 atom stereocenters. The van der Waals surface area contributed by atoms with Gasteiger partial charge in [0.25, 0.3) is 0 Å². The smallest absolute Gasteiger partial charge is 0.0653 e. The van der Waals surface area contributed by atoms with Crippen LogP contribution in [0.4, 0.5) is 0 Å². The summed E-state index contributed by atoms with van der Waals surface area (Å²) in [5.41, 5.74) is 6.65. The molecule has 0 saturated carbocycles. The highest BCUT2D eigenvalue weighted by atomic mass is 32.1. The van der Waals surface area contributed by atoms with Crippen LogP contribution in [0.1, 0.15) is 31.0 Å². The first-order valence-corrected chi connectivity index (χ1v) is 5.23. The molecule has 72 valence electrons. The molecule has 0 saturated heterocycles. The van der Waals surface area contributed by atoms with Gasteiger partial charge in [-0.15, -0.1) is 0 Å². The predicted octanol–water partition coefficient (Wildman–Crippen LogP) is 2.53. The molecule has 0 spiro atoms. The van der Waals surface area contributed by atoms with Crippen LogP contribution in [0, 0.1) is 6.92 Å². The van der Waals surface area contributed by atoms with Crippen LogP contribution in [-0.2, 0) is 0 Å². The minimum Gasteiger partial charge on any atom is -0.271 e. The summed E-state index contributed by atoms with van der Waals surface area (Å²) >= 11 is 1.71. The second kappa shape index (κ2) is 4.56. The fourth-order valence-corrected chi connectivity index (χ4v) is 2.14. The SMILES string of the molecule is CC(C)=CC(NN)c1cscc1C. The Bertz CT molecular complexity index is 298. The van der Waals surface area contributed by atoms with E-state index in [9.17, 15) is 0 Å². The summed E-state index contributed by atoms with van der Waals surface area (Å²) in [4.78, 5) is 0.